The summed E-state index contributed by atoms with van der Waals surface area (Å²) in [5.74, 6) is -1.15. The van der Waals surface area contributed by atoms with Gasteiger partial charge in [-0.25, -0.2) is 37.4 Å². The van der Waals surface area contributed by atoms with Crippen LogP contribution in [0.15, 0.2) is 33.4 Å². The number of phosphoric ester groups is 4. The SMILES string of the molecule is COC1C(O)[C@H](n2c[n+](C)c3c(=O)[nH]c(N)nc32)O[C@@H]1COP(=O)(O)OP(=O)(O)OP(=O)(O)OCC1OC(n2cnc3c(=O)[nH]c(N)nc32)C(O)N(OCCOP(=O)(O)OC[C@H]2O[C@@H](n3cnc4c(=O)[nH]c(N)nc43)[C@@H](O)C2OP(=O)(O)OC)C1O. The predicted molar refractivity (Wildman–Crippen MR) is 272 cm³/mol. The zero-order valence-electron chi connectivity index (χ0n) is 43.7. The van der Waals surface area contributed by atoms with E-state index in [0.29, 0.717) is 5.06 Å². The van der Waals surface area contributed by atoms with Crippen molar-refractivity contribution in [2.45, 2.75) is 73.9 Å². The first-order valence-corrected chi connectivity index (χ1v) is 31.4. The summed E-state index contributed by atoms with van der Waals surface area (Å²) >= 11 is 0. The number of hydrogen-bond donors (Lipinski definition) is 15. The number of aryl methyl sites for hydroxylation is 1. The minimum Gasteiger partial charge on any atom is -0.386 e. The summed E-state index contributed by atoms with van der Waals surface area (Å²) in [7, 11) is -25.0. The van der Waals surface area contributed by atoms with Crippen LogP contribution in [-0.2, 0) is 89.4 Å². The number of aliphatic hydroxyl groups excluding tert-OH is 4. The number of hydroxylamine groups is 2. The molecule has 51 heteroatoms. The van der Waals surface area contributed by atoms with E-state index in [0.717, 1.165) is 36.0 Å². The molecule has 0 bridgehead atoms. The van der Waals surface area contributed by atoms with Gasteiger partial charge in [-0.2, -0.15) is 28.1 Å². The fraction of sp³-hybridized carbons (Fsp3) is 0.571. The van der Waals surface area contributed by atoms with Gasteiger partial charge < -0.3 is 81.0 Å². The van der Waals surface area contributed by atoms with Crippen LogP contribution in [-0.4, -0.2) is 206 Å². The second-order valence-electron chi connectivity index (χ2n) is 18.2. The van der Waals surface area contributed by atoms with Gasteiger partial charge in [-0.15, -0.1) is 5.06 Å². The molecule has 3 aliphatic heterocycles. The largest absolute Gasteiger partial charge is 0.490 e. The Labute approximate surface area is 475 Å². The van der Waals surface area contributed by atoms with Crippen molar-refractivity contribution < 1.29 is 132 Å². The zero-order valence-corrected chi connectivity index (χ0v) is 48.2. The van der Waals surface area contributed by atoms with Crippen molar-refractivity contribution in [1.82, 2.24) is 58.6 Å². The number of fused-ring (bicyclic) bond motifs is 3. The Hall–Kier alpha value is -5.32. The minimum absolute atomic E-state index is 0.00212. The van der Waals surface area contributed by atoms with Gasteiger partial charge in [0.25, 0.3) is 22.3 Å². The molecule has 0 aromatic carbocycles. The first kappa shape index (κ1) is 65.1. The summed E-state index contributed by atoms with van der Waals surface area (Å²) in [6, 6.07) is 0. The summed E-state index contributed by atoms with van der Waals surface area (Å²) in [5, 5.41) is 45.5. The second-order valence-corrected chi connectivity index (χ2v) is 25.8. The topological polar surface area (TPSA) is 650 Å². The maximum absolute atomic E-state index is 13.2. The van der Waals surface area contributed by atoms with E-state index in [1.54, 1.807) is 0 Å². The van der Waals surface area contributed by atoms with Crippen LogP contribution in [0, 0.1) is 0 Å². The quantitative estimate of drug-likeness (QED) is 0.0144. The van der Waals surface area contributed by atoms with Crippen molar-refractivity contribution >= 4 is 90.5 Å². The van der Waals surface area contributed by atoms with Crippen LogP contribution in [0.4, 0.5) is 17.8 Å². The van der Waals surface area contributed by atoms with Gasteiger partial charge in [0.05, 0.1) is 52.7 Å². The molecule has 3 saturated heterocycles. The van der Waals surface area contributed by atoms with Gasteiger partial charge in [0.15, 0.2) is 47.2 Å². The third-order valence-corrected chi connectivity index (χ3v) is 18.7. The number of imidazole rings is 3. The standard InChI is InChI=1S/C35H51N16O30P5/c1-47-11-50(24-17(47)27(56)46-35(38)43-24)31-18(52)20(69-2)12(76-31)6-74-84(63,64)80-86(67,68)81-85(65,66)75-8-14-28(57)51(29(58)32(78-14)49-10-40-16-23(49)42-34(37)45-26(16)55)71-4-5-72-83(61,62)73-7-13-21(79-82(59,60)70-3)19(53)30(77-13)48-9-39-15-22(48)41-33(36)44-25(15)54/h9-14,18-21,28-32,52-53,57-58H,4-8H2,1-3H3,(H13-,36,37,38,41,42,43,44,45,46,54,55,56,59,60,61,62,63,64,65,66,67,68)/p+1/t12-,13-,14?,18?,19+,20?,21?,28?,29?,30-,31-,32?/m1/s1. The third-order valence-electron chi connectivity index (χ3n) is 12.5. The number of rotatable bonds is 25. The number of ether oxygens (including phenoxy) is 4. The number of morpholine rings is 1. The van der Waals surface area contributed by atoms with E-state index in [-0.39, 0.29) is 39.9 Å². The van der Waals surface area contributed by atoms with Crippen LogP contribution >= 0.6 is 39.1 Å². The number of nitrogen functional groups attached to an aromatic ring is 3. The highest BCUT2D eigenvalue weighted by Gasteiger charge is 2.53. The molecule has 0 amide bonds. The molecule has 0 spiro atoms. The van der Waals surface area contributed by atoms with Crippen molar-refractivity contribution in [1.29, 1.82) is 0 Å². The van der Waals surface area contributed by atoms with Crippen molar-refractivity contribution in [3.8, 4) is 0 Å². The molecule has 9 rings (SSSR count). The molecular weight excluding hydrogens is 1280 g/mol. The number of phosphoric acid groups is 5. The average molecular weight is 1330 g/mol. The number of nitrogens with two attached hydrogens (primary N) is 3. The van der Waals surface area contributed by atoms with E-state index in [1.165, 1.54) is 22.5 Å². The average Bonchev–Trinajstić information content (AvgIpc) is 1.97. The lowest BCUT2D eigenvalue weighted by atomic mass is 10.1. The van der Waals surface area contributed by atoms with E-state index in [1.807, 2.05) is 0 Å². The van der Waals surface area contributed by atoms with Gasteiger partial charge in [-0.05, 0) is 0 Å². The van der Waals surface area contributed by atoms with Crippen molar-refractivity contribution in [3.63, 3.8) is 0 Å². The van der Waals surface area contributed by atoms with Crippen LogP contribution in [0.5, 0.6) is 0 Å². The fourth-order valence-corrected chi connectivity index (χ4v) is 13.8. The van der Waals surface area contributed by atoms with Gasteiger partial charge in [-0.1, -0.05) is 0 Å². The van der Waals surface area contributed by atoms with Crippen molar-refractivity contribution in [3.05, 3.63) is 50.0 Å². The molecule has 12 unspecified atom stereocenters. The summed E-state index contributed by atoms with van der Waals surface area (Å²) in [6.45, 7) is -5.43. The number of nitrogens with one attached hydrogen (secondary N) is 3. The number of aromatic amines is 3. The van der Waals surface area contributed by atoms with E-state index in [9.17, 15) is 82.1 Å². The lowest BCUT2D eigenvalue weighted by molar-refractivity contribution is -0.646. The van der Waals surface area contributed by atoms with Crippen LogP contribution in [0.3, 0.4) is 0 Å². The lowest BCUT2D eigenvalue weighted by Gasteiger charge is -2.44. The molecule has 18 N–H and O–H groups in total. The van der Waals surface area contributed by atoms with Crippen LogP contribution in [0.2, 0.25) is 0 Å². The molecule has 46 nitrogen and oxygen atoms in total. The zero-order chi connectivity index (χ0) is 62.7. The second kappa shape index (κ2) is 24.9. The van der Waals surface area contributed by atoms with Gasteiger partial charge in [0.1, 0.15) is 42.7 Å². The molecule has 0 aliphatic carbocycles. The van der Waals surface area contributed by atoms with E-state index >= 15 is 0 Å². The molecular formula is C35H52N16O30P5+. The van der Waals surface area contributed by atoms with E-state index < -0.39 is 174 Å². The Bertz CT molecular complexity index is 3940. The van der Waals surface area contributed by atoms with Gasteiger partial charge in [0.2, 0.25) is 30.4 Å². The predicted octanol–water partition coefficient (Wildman–Crippen LogP) is -5.51. The minimum atomic E-state index is -6.24. The number of aromatic nitrogens is 12. The smallest absolute Gasteiger partial charge is 0.386 e. The third kappa shape index (κ3) is 13.9. The molecule has 6 aromatic heterocycles. The molecule has 0 saturated carbocycles. The Morgan fingerprint density at radius 1 is 0.581 bits per heavy atom. The normalized spacial score (nSPS) is 29.3. The maximum atomic E-state index is 13.2. The molecule has 3 aliphatic rings. The first-order valence-electron chi connectivity index (χ1n) is 23.9. The Balaban J connectivity index is 0.835. The van der Waals surface area contributed by atoms with Gasteiger partial charge in [0, 0.05) is 14.2 Å². The Morgan fingerprint density at radius 2 is 1.05 bits per heavy atom. The monoisotopic (exact) mass is 1330 g/mol. The van der Waals surface area contributed by atoms with Crippen LogP contribution in [0.1, 0.15) is 18.7 Å². The Morgan fingerprint density at radius 3 is 1.59 bits per heavy atom. The molecule has 3 fully saturated rings. The molecule has 86 heavy (non-hydrogen) atoms. The van der Waals surface area contributed by atoms with Crippen molar-refractivity contribution in [2.24, 2.45) is 7.05 Å². The number of anilines is 3. The Kier molecular flexibility index (Phi) is 18.9. The molecule has 0 radical (unpaired) electrons. The van der Waals surface area contributed by atoms with Gasteiger partial charge >= 0.3 is 44.7 Å². The van der Waals surface area contributed by atoms with Gasteiger partial charge in [-0.3, -0.25) is 70.4 Å². The maximum Gasteiger partial charge on any atom is 0.490 e. The van der Waals surface area contributed by atoms with E-state index in [4.69, 9.17) is 63.6 Å². The summed E-state index contributed by atoms with van der Waals surface area (Å²) < 4.78 is 129. The highest BCUT2D eigenvalue weighted by molar-refractivity contribution is 7.66. The molecule has 17 atom stereocenters. The van der Waals surface area contributed by atoms with Crippen molar-refractivity contribution in [2.75, 3.05) is 64.5 Å². The summed E-state index contributed by atoms with van der Waals surface area (Å²) in [5.41, 5.74) is 13.4. The number of H-pyrrole nitrogens is 3. The van der Waals surface area contributed by atoms with E-state index in [2.05, 4.69) is 53.0 Å². The highest BCUT2D eigenvalue weighted by Crippen LogP contribution is 2.68. The fourth-order valence-electron chi connectivity index (χ4n) is 8.91. The summed E-state index contributed by atoms with van der Waals surface area (Å²) in [6.07, 6.45) is -18.5. The molecule has 9 heterocycles. The highest BCUT2D eigenvalue weighted by atomic mass is 31.3. The molecule has 6 aromatic rings. The number of nitrogens with zero attached hydrogens (tertiary/aromatic N) is 10. The summed E-state index contributed by atoms with van der Waals surface area (Å²) in [4.78, 5) is 122. The first-order chi connectivity index (χ1) is 40.2. The molecule has 476 valence electrons. The lowest BCUT2D eigenvalue weighted by Crippen LogP contribution is -2.60. The number of methoxy groups -OCH3 is 1. The number of hydrogen-bond acceptors (Lipinski definition) is 34. The van der Waals surface area contributed by atoms with Crippen LogP contribution < -0.4 is 38.4 Å². The number of aliphatic hydroxyl groups is 4. The van der Waals surface area contributed by atoms with Crippen LogP contribution in [0.25, 0.3) is 33.5 Å².